The quantitative estimate of drug-likeness (QED) is 0.168. The van der Waals surface area contributed by atoms with Gasteiger partial charge in [-0.3, -0.25) is 0 Å². The molecule has 0 heterocycles. The lowest BCUT2D eigenvalue weighted by Crippen LogP contribution is -2.01. The molecule has 0 aromatic heterocycles. The van der Waals surface area contributed by atoms with E-state index >= 15 is 0 Å². The normalized spacial score (nSPS) is 15.7. The minimum atomic E-state index is 0.120. The number of rotatable bonds is 15. The van der Waals surface area contributed by atoms with Gasteiger partial charge in [-0.15, -0.1) is 0 Å². The number of allylic oxidation sites excluding steroid dienone is 9. The molecule has 0 aliphatic carbocycles. The first-order valence-corrected chi connectivity index (χ1v) is 10.4. The maximum Gasteiger partial charge on any atom is 0.0828 e. The highest BCUT2D eigenvalue weighted by Crippen LogP contribution is 2.08. The Morgan fingerprint density at radius 3 is 1.77 bits per heavy atom. The number of hydrogen-bond donors (Lipinski definition) is 0. The molecule has 0 spiro atoms. The molecule has 26 heavy (non-hydrogen) atoms. The van der Waals surface area contributed by atoms with E-state index in [1.54, 1.807) is 0 Å². The van der Waals surface area contributed by atoms with Gasteiger partial charge < -0.3 is 9.05 Å². The monoisotopic (exact) mass is 394 g/mol. The van der Waals surface area contributed by atoms with Crippen molar-refractivity contribution in [3.8, 4) is 0 Å². The highest BCUT2D eigenvalue weighted by atomic mass is 31.0. The van der Waals surface area contributed by atoms with Crippen molar-refractivity contribution in [1.82, 2.24) is 0 Å². The minimum absolute atomic E-state index is 0.120. The lowest BCUT2D eigenvalue weighted by molar-refractivity contribution is 0.279. The molecule has 0 aromatic carbocycles. The van der Waals surface area contributed by atoms with Crippen LogP contribution in [0.4, 0.5) is 0 Å². The summed E-state index contributed by atoms with van der Waals surface area (Å²) in [7, 11) is 4.68. The fraction of sp³-hybridized carbons (Fsp3) is 0.455. The molecule has 0 fully saturated rings. The van der Waals surface area contributed by atoms with Gasteiger partial charge >= 0.3 is 0 Å². The smallest absolute Gasteiger partial charge is 0.0828 e. The Hall–Kier alpha value is -0.780. The molecule has 0 aliphatic heterocycles. The summed E-state index contributed by atoms with van der Waals surface area (Å²) in [6.07, 6.45) is 31.7. The van der Waals surface area contributed by atoms with Crippen molar-refractivity contribution in [2.75, 3.05) is 0 Å². The highest BCUT2D eigenvalue weighted by Gasteiger charge is 1.98. The van der Waals surface area contributed by atoms with E-state index in [9.17, 15) is 0 Å². The topological polar surface area (TPSA) is 18.5 Å². The minimum Gasteiger partial charge on any atom is -0.358 e. The Bertz CT molecular complexity index is 477. The Kier molecular flexibility index (Phi) is 19.9. The third-order valence-electron chi connectivity index (χ3n) is 3.55. The summed E-state index contributed by atoms with van der Waals surface area (Å²) >= 11 is 0. The van der Waals surface area contributed by atoms with Crippen LogP contribution in [0.15, 0.2) is 72.9 Å². The zero-order chi connectivity index (χ0) is 19.3. The molecule has 146 valence electrons. The summed E-state index contributed by atoms with van der Waals surface area (Å²) in [4.78, 5) is 0. The van der Waals surface area contributed by atoms with Gasteiger partial charge in [-0.2, -0.15) is 0 Å². The summed E-state index contributed by atoms with van der Waals surface area (Å²) in [5.41, 5.74) is 0. The molecule has 0 saturated heterocycles. The predicted molar refractivity (Wildman–Crippen MR) is 123 cm³/mol. The second-order valence-electron chi connectivity index (χ2n) is 5.82. The first kappa shape index (κ1) is 25.2. The van der Waals surface area contributed by atoms with Crippen LogP contribution in [0.5, 0.6) is 0 Å². The van der Waals surface area contributed by atoms with Crippen molar-refractivity contribution in [3.63, 3.8) is 0 Å². The molecular formula is C22H36O2P2. The van der Waals surface area contributed by atoms with Gasteiger partial charge in [-0.1, -0.05) is 93.2 Å². The summed E-state index contributed by atoms with van der Waals surface area (Å²) < 4.78 is 10.6. The van der Waals surface area contributed by atoms with E-state index in [1.807, 2.05) is 6.08 Å². The van der Waals surface area contributed by atoms with Gasteiger partial charge in [0.05, 0.1) is 12.2 Å². The first-order valence-electron chi connectivity index (χ1n) is 9.46. The summed E-state index contributed by atoms with van der Waals surface area (Å²) in [6, 6.07) is 0. The molecule has 0 aromatic rings. The van der Waals surface area contributed by atoms with E-state index in [4.69, 9.17) is 9.05 Å². The van der Waals surface area contributed by atoms with Crippen LogP contribution in [0.3, 0.4) is 0 Å². The van der Waals surface area contributed by atoms with E-state index in [0.717, 1.165) is 38.5 Å². The first-order chi connectivity index (χ1) is 12.8. The van der Waals surface area contributed by atoms with Crippen LogP contribution in [-0.4, -0.2) is 12.2 Å². The Morgan fingerprint density at radius 1 is 0.692 bits per heavy atom. The van der Waals surface area contributed by atoms with Crippen LogP contribution in [-0.2, 0) is 9.05 Å². The van der Waals surface area contributed by atoms with Gasteiger partial charge in [0.25, 0.3) is 0 Å². The van der Waals surface area contributed by atoms with Crippen molar-refractivity contribution < 1.29 is 9.05 Å². The van der Waals surface area contributed by atoms with Crippen LogP contribution >= 0.6 is 18.9 Å². The molecule has 2 nitrogen and oxygen atoms in total. The third-order valence-corrected chi connectivity index (χ3v) is 4.25. The van der Waals surface area contributed by atoms with Crippen molar-refractivity contribution in [2.45, 2.75) is 64.6 Å². The third kappa shape index (κ3) is 16.7. The van der Waals surface area contributed by atoms with Crippen LogP contribution in [0.2, 0.25) is 0 Å². The summed E-state index contributed by atoms with van der Waals surface area (Å²) in [5, 5.41) is 0. The van der Waals surface area contributed by atoms with E-state index < -0.39 is 0 Å². The van der Waals surface area contributed by atoms with E-state index in [-0.39, 0.29) is 12.2 Å². The summed E-state index contributed by atoms with van der Waals surface area (Å²) in [5.74, 6) is 0. The van der Waals surface area contributed by atoms with Gasteiger partial charge in [0.2, 0.25) is 0 Å². The molecule has 0 saturated carbocycles. The van der Waals surface area contributed by atoms with Crippen molar-refractivity contribution in [2.24, 2.45) is 0 Å². The van der Waals surface area contributed by atoms with Gasteiger partial charge in [0, 0.05) is 18.9 Å². The Balaban J connectivity index is 3.93. The zero-order valence-electron chi connectivity index (χ0n) is 16.3. The second-order valence-corrected chi connectivity index (χ2v) is 6.37. The molecule has 0 aliphatic rings. The van der Waals surface area contributed by atoms with E-state index in [2.05, 4.69) is 99.6 Å². The van der Waals surface area contributed by atoms with Crippen LogP contribution in [0.25, 0.3) is 0 Å². The Morgan fingerprint density at radius 2 is 1.27 bits per heavy atom. The van der Waals surface area contributed by atoms with E-state index in [0.29, 0.717) is 0 Å². The fourth-order valence-electron chi connectivity index (χ4n) is 2.11. The molecule has 0 bridgehead atoms. The lowest BCUT2D eigenvalue weighted by atomic mass is 10.2. The largest absolute Gasteiger partial charge is 0.358 e. The fourth-order valence-corrected chi connectivity index (χ4v) is 2.54. The molecule has 0 amide bonds. The van der Waals surface area contributed by atoms with Gasteiger partial charge in [0.1, 0.15) is 0 Å². The average Bonchev–Trinajstić information content (AvgIpc) is 2.66. The van der Waals surface area contributed by atoms with Gasteiger partial charge in [0.15, 0.2) is 0 Å². The Labute approximate surface area is 165 Å². The predicted octanol–water partition coefficient (Wildman–Crippen LogP) is 7.05. The average molecular weight is 394 g/mol. The molecule has 0 N–H and O–H groups in total. The maximum absolute atomic E-state index is 5.33. The number of hydrogen-bond acceptors (Lipinski definition) is 2. The molecule has 4 heteroatoms. The highest BCUT2D eigenvalue weighted by molar-refractivity contribution is 7.10. The SMILES string of the molecule is CC/C=C\CC(/C=C/C=C\C/C=C\C/C=C\C=C\C(CCC)OP)OP. The zero-order valence-corrected chi connectivity index (χ0v) is 18.6. The van der Waals surface area contributed by atoms with Gasteiger partial charge in [-0.25, -0.2) is 0 Å². The molecular weight excluding hydrogens is 358 g/mol. The van der Waals surface area contributed by atoms with Crippen molar-refractivity contribution in [3.05, 3.63) is 72.9 Å². The molecule has 0 radical (unpaired) electrons. The van der Waals surface area contributed by atoms with Gasteiger partial charge in [-0.05, 0) is 32.1 Å². The van der Waals surface area contributed by atoms with Crippen LogP contribution < -0.4 is 0 Å². The maximum atomic E-state index is 5.33. The van der Waals surface area contributed by atoms with E-state index in [1.165, 1.54) is 0 Å². The standard InChI is InChI=1S/C22H36O2P2/c1-3-5-14-18-22(24-26)20-16-13-11-9-7-6-8-10-12-15-19-21(23-25)17-4-2/h5-7,10-16,19-22H,3-4,8-9,17-18,25-26H2,1-2H3/b7-6-,12-10-,13-11-,14-5-,19-15+,20-16+. The van der Waals surface area contributed by atoms with Crippen molar-refractivity contribution in [1.29, 1.82) is 0 Å². The molecule has 4 atom stereocenters. The van der Waals surface area contributed by atoms with Crippen LogP contribution in [0, 0.1) is 0 Å². The second kappa shape index (κ2) is 20.5. The lowest BCUT2D eigenvalue weighted by Gasteiger charge is -2.07. The van der Waals surface area contributed by atoms with Crippen molar-refractivity contribution >= 4 is 18.9 Å². The summed E-state index contributed by atoms with van der Waals surface area (Å²) in [6.45, 7) is 4.30. The molecule has 4 unspecified atom stereocenters. The molecule has 0 rings (SSSR count). The van der Waals surface area contributed by atoms with Crippen LogP contribution in [0.1, 0.15) is 52.4 Å².